The minimum absolute atomic E-state index is 0.0265. The molecule has 1 heterocycles. The number of nitrogens with zero attached hydrogens (tertiary/aromatic N) is 2. The molecule has 0 aliphatic rings. The Morgan fingerprint density at radius 3 is 2.20 bits per heavy atom. The van der Waals surface area contributed by atoms with Gasteiger partial charge in [-0.05, 0) is 11.0 Å². The normalized spacial score (nSPS) is 11.9. The molecule has 0 saturated carbocycles. The molecule has 0 unspecified atom stereocenters. The zero-order valence-corrected chi connectivity index (χ0v) is 9.09. The third-order valence-corrected chi connectivity index (χ3v) is 1.93. The average molecular weight is 215 g/mol. The fourth-order valence-corrected chi connectivity index (χ4v) is 0.975. The second-order valence-electron chi connectivity index (χ2n) is 4.32. The first-order valence-corrected chi connectivity index (χ1v) is 4.74. The molecular weight excluding hydrogens is 200 g/mol. The molecule has 0 aromatic carbocycles. The molecule has 0 aliphatic heterocycles. The van der Waals surface area contributed by atoms with Crippen molar-refractivity contribution < 1.29 is 8.78 Å². The Hall–Kier alpha value is -1.26. The zero-order valence-electron chi connectivity index (χ0n) is 9.09. The summed E-state index contributed by atoms with van der Waals surface area (Å²) in [5.74, 6) is 0.239. The highest BCUT2D eigenvalue weighted by molar-refractivity contribution is 5.27. The number of alkyl halides is 2. The summed E-state index contributed by atoms with van der Waals surface area (Å²) in [7, 11) is 0. The Morgan fingerprint density at radius 2 is 1.80 bits per heavy atom. The van der Waals surface area contributed by atoms with E-state index in [1.165, 1.54) is 0 Å². The summed E-state index contributed by atoms with van der Waals surface area (Å²) < 4.78 is 23.7. The molecular formula is C10H15F2N3. The topological polar surface area (TPSA) is 37.8 Å². The molecule has 15 heavy (non-hydrogen) atoms. The largest absolute Gasteiger partial charge is 0.348 e. The Balaban J connectivity index is 2.65. The van der Waals surface area contributed by atoms with Gasteiger partial charge in [0, 0.05) is 12.4 Å². The molecule has 0 amide bonds. The van der Waals surface area contributed by atoms with Crippen molar-refractivity contribution in [1.29, 1.82) is 0 Å². The van der Waals surface area contributed by atoms with Gasteiger partial charge in [-0.15, -0.1) is 0 Å². The molecule has 84 valence electrons. The van der Waals surface area contributed by atoms with Crippen LogP contribution in [0.25, 0.3) is 0 Å². The van der Waals surface area contributed by atoms with E-state index in [2.05, 4.69) is 15.3 Å². The monoisotopic (exact) mass is 215 g/mol. The van der Waals surface area contributed by atoms with Gasteiger partial charge < -0.3 is 5.32 Å². The van der Waals surface area contributed by atoms with E-state index in [4.69, 9.17) is 0 Å². The molecule has 0 aliphatic carbocycles. The van der Waals surface area contributed by atoms with E-state index in [1.54, 1.807) is 12.4 Å². The van der Waals surface area contributed by atoms with Gasteiger partial charge >= 0.3 is 0 Å². The number of hydrogen-bond donors (Lipinski definition) is 1. The number of halogens is 2. The number of hydrogen-bond acceptors (Lipinski definition) is 3. The maximum Gasteiger partial charge on any atom is 0.255 e. The van der Waals surface area contributed by atoms with Crippen LogP contribution in [0.4, 0.5) is 14.7 Å². The number of aromatic nitrogens is 2. The Kier molecular flexibility index (Phi) is 3.55. The molecule has 1 N–H and O–H groups in total. The molecule has 5 heteroatoms. The molecule has 0 atom stereocenters. The molecule has 0 saturated heterocycles. The van der Waals surface area contributed by atoms with Crippen molar-refractivity contribution in [1.82, 2.24) is 9.97 Å². The van der Waals surface area contributed by atoms with E-state index in [0.717, 1.165) is 5.56 Å². The molecule has 0 radical (unpaired) electrons. The fourth-order valence-electron chi connectivity index (χ4n) is 0.975. The second kappa shape index (κ2) is 4.51. The minimum Gasteiger partial charge on any atom is -0.348 e. The lowest BCUT2D eigenvalue weighted by atomic mass is 9.89. The maximum atomic E-state index is 11.9. The lowest BCUT2D eigenvalue weighted by Crippen LogP contribution is -2.15. The van der Waals surface area contributed by atoms with Crippen LogP contribution in [0.1, 0.15) is 26.3 Å². The highest BCUT2D eigenvalue weighted by Crippen LogP contribution is 2.20. The number of rotatable bonds is 3. The van der Waals surface area contributed by atoms with Gasteiger partial charge in [-0.3, -0.25) is 0 Å². The summed E-state index contributed by atoms with van der Waals surface area (Å²) in [6, 6.07) is 0. The third-order valence-electron chi connectivity index (χ3n) is 1.93. The Labute approximate surface area is 87.9 Å². The quantitative estimate of drug-likeness (QED) is 0.841. The van der Waals surface area contributed by atoms with Crippen LogP contribution in [0.2, 0.25) is 0 Å². The molecule has 0 fully saturated rings. The molecule has 1 aromatic heterocycles. The smallest absolute Gasteiger partial charge is 0.255 e. The van der Waals surface area contributed by atoms with Crippen molar-refractivity contribution in [3.8, 4) is 0 Å². The first-order chi connectivity index (χ1) is 6.89. The summed E-state index contributed by atoms with van der Waals surface area (Å²) in [6.45, 7) is 5.70. The summed E-state index contributed by atoms with van der Waals surface area (Å²) in [6.07, 6.45) is 0.914. The third kappa shape index (κ3) is 3.77. The van der Waals surface area contributed by atoms with Crippen LogP contribution in [-0.4, -0.2) is 22.9 Å². The first kappa shape index (κ1) is 11.8. The maximum absolute atomic E-state index is 11.9. The summed E-state index contributed by atoms with van der Waals surface area (Å²) in [4.78, 5) is 7.92. The van der Waals surface area contributed by atoms with Gasteiger partial charge in [0.2, 0.25) is 5.95 Å². The van der Waals surface area contributed by atoms with Crippen molar-refractivity contribution in [3.05, 3.63) is 18.0 Å². The van der Waals surface area contributed by atoms with Crippen LogP contribution >= 0.6 is 0 Å². The van der Waals surface area contributed by atoms with Crippen LogP contribution in [0.15, 0.2) is 12.4 Å². The molecule has 0 spiro atoms. The first-order valence-electron chi connectivity index (χ1n) is 4.74. The lowest BCUT2D eigenvalue weighted by molar-refractivity contribution is 0.163. The van der Waals surface area contributed by atoms with Gasteiger partial charge in [0.15, 0.2) is 0 Å². The van der Waals surface area contributed by atoms with Gasteiger partial charge in [0.1, 0.15) is 0 Å². The predicted octanol–water partition coefficient (Wildman–Crippen LogP) is 2.45. The molecule has 0 bridgehead atoms. The number of anilines is 1. The second-order valence-corrected chi connectivity index (χ2v) is 4.32. The van der Waals surface area contributed by atoms with Crippen LogP contribution < -0.4 is 5.32 Å². The highest BCUT2D eigenvalue weighted by atomic mass is 19.3. The minimum atomic E-state index is -2.39. The van der Waals surface area contributed by atoms with Crippen molar-refractivity contribution >= 4 is 5.95 Å². The summed E-state index contributed by atoms with van der Waals surface area (Å²) in [5, 5.41) is 2.45. The van der Waals surface area contributed by atoms with Gasteiger partial charge in [-0.25, -0.2) is 18.7 Å². The van der Waals surface area contributed by atoms with E-state index in [0.29, 0.717) is 0 Å². The Bertz CT molecular complexity index is 303. The van der Waals surface area contributed by atoms with E-state index >= 15 is 0 Å². The molecule has 1 rings (SSSR count). The van der Waals surface area contributed by atoms with Gasteiger partial charge in [-0.1, -0.05) is 20.8 Å². The fraction of sp³-hybridized carbons (Fsp3) is 0.600. The van der Waals surface area contributed by atoms with E-state index in [-0.39, 0.29) is 11.4 Å². The lowest BCUT2D eigenvalue weighted by Gasteiger charge is -2.17. The predicted molar refractivity (Wildman–Crippen MR) is 55.2 cm³/mol. The van der Waals surface area contributed by atoms with Crippen LogP contribution in [0, 0.1) is 0 Å². The van der Waals surface area contributed by atoms with Crippen LogP contribution in [0.3, 0.4) is 0 Å². The van der Waals surface area contributed by atoms with E-state index < -0.39 is 13.0 Å². The summed E-state index contributed by atoms with van der Waals surface area (Å²) in [5.41, 5.74) is 0.950. The highest BCUT2D eigenvalue weighted by Gasteiger charge is 2.14. The van der Waals surface area contributed by atoms with Crippen LogP contribution in [0.5, 0.6) is 0 Å². The van der Waals surface area contributed by atoms with Gasteiger partial charge in [0.05, 0.1) is 6.54 Å². The zero-order chi connectivity index (χ0) is 11.5. The Morgan fingerprint density at radius 1 is 1.27 bits per heavy atom. The van der Waals surface area contributed by atoms with Crippen molar-refractivity contribution in [3.63, 3.8) is 0 Å². The van der Waals surface area contributed by atoms with Crippen molar-refractivity contribution in [2.24, 2.45) is 0 Å². The van der Waals surface area contributed by atoms with E-state index in [9.17, 15) is 8.78 Å². The number of nitrogens with one attached hydrogen (secondary N) is 1. The van der Waals surface area contributed by atoms with E-state index in [1.807, 2.05) is 20.8 Å². The van der Waals surface area contributed by atoms with Gasteiger partial charge in [-0.2, -0.15) is 0 Å². The van der Waals surface area contributed by atoms with Crippen molar-refractivity contribution in [2.45, 2.75) is 32.6 Å². The molecule has 1 aromatic rings. The molecule has 3 nitrogen and oxygen atoms in total. The summed E-state index contributed by atoms with van der Waals surface area (Å²) >= 11 is 0. The average Bonchev–Trinajstić information content (AvgIpc) is 2.14. The van der Waals surface area contributed by atoms with Gasteiger partial charge in [0.25, 0.3) is 6.43 Å². The SMILES string of the molecule is CC(C)(C)c1cnc(NCC(F)F)nc1. The standard InChI is InChI=1S/C10H15F2N3/c1-10(2,3)7-4-13-9(14-5-7)15-6-8(11)12/h4-5,8H,6H2,1-3H3,(H,13,14,15). The van der Waals surface area contributed by atoms with Crippen LogP contribution in [-0.2, 0) is 5.41 Å². The van der Waals surface area contributed by atoms with Crippen molar-refractivity contribution in [2.75, 3.05) is 11.9 Å².